The highest BCUT2D eigenvalue weighted by Crippen LogP contribution is 2.36. The monoisotopic (exact) mass is 425 g/mol. The number of likely N-dealkylation sites (tertiary alicyclic amines) is 1. The zero-order valence-electron chi connectivity index (χ0n) is 17.7. The molecule has 2 amide bonds. The molecule has 1 aromatic rings. The van der Waals surface area contributed by atoms with Gasteiger partial charge in [0, 0.05) is 44.9 Å². The van der Waals surface area contributed by atoms with E-state index in [9.17, 15) is 4.79 Å². The molecule has 2 unspecified atom stereocenters. The predicted octanol–water partition coefficient (Wildman–Crippen LogP) is 3.71. The van der Waals surface area contributed by atoms with E-state index < -0.39 is 0 Å². The second-order valence-corrected chi connectivity index (χ2v) is 8.43. The number of nitrogens with zero attached hydrogens (tertiary/aromatic N) is 2. The van der Waals surface area contributed by atoms with Crippen LogP contribution in [-0.4, -0.2) is 75.0 Å². The maximum absolute atomic E-state index is 12.8. The van der Waals surface area contributed by atoms with Crippen molar-refractivity contribution in [2.75, 3.05) is 52.3 Å². The van der Waals surface area contributed by atoms with Crippen LogP contribution in [0.2, 0.25) is 5.02 Å². The number of carbonyl (C=O) groups is 1. The third-order valence-corrected chi connectivity index (χ3v) is 5.92. The molecule has 2 aliphatic rings. The summed E-state index contributed by atoms with van der Waals surface area (Å²) in [6.07, 6.45) is 2.59. The number of urea groups is 1. The Bertz CT molecular complexity index is 699. The molecule has 3 rings (SSSR count). The number of hydrogen-bond donors (Lipinski definition) is 1. The number of carbonyl (C=O) groups excluding carboxylic acids is 1. The summed E-state index contributed by atoms with van der Waals surface area (Å²) in [5.74, 6) is 1.62. The van der Waals surface area contributed by atoms with Gasteiger partial charge in [-0.2, -0.15) is 0 Å². The molecule has 2 saturated heterocycles. The van der Waals surface area contributed by atoms with Crippen LogP contribution in [0.25, 0.3) is 0 Å². The average molecular weight is 426 g/mol. The molecule has 2 atom stereocenters. The number of benzene rings is 1. The van der Waals surface area contributed by atoms with E-state index in [2.05, 4.69) is 24.1 Å². The Morgan fingerprint density at radius 2 is 1.76 bits per heavy atom. The first-order valence-electron chi connectivity index (χ1n) is 10.2. The molecule has 0 radical (unpaired) electrons. The number of ether oxygens (including phenoxy) is 3. The Morgan fingerprint density at radius 1 is 1.14 bits per heavy atom. The molecule has 1 N–H and O–H groups in total. The molecule has 29 heavy (non-hydrogen) atoms. The minimum Gasteiger partial charge on any atom is -0.495 e. The van der Waals surface area contributed by atoms with Gasteiger partial charge in [0.05, 0.1) is 37.1 Å². The molecular formula is C21H32ClN3O4. The molecule has 0 saturated carbocycles. The van der Waals surface area contributed by atoms with Gasteiger partial charge in [0.2, 0.25) is 0 Å². The molecule has 2 aliphatic heterocycles. The van der Waals surface area contributed by atoms with Crippen LogP contribution < -0.4 is 14.8 Å². The minimum absolute atomic E-state index is 0.125. The van der Waals surface area contributed by atoms with E-state index >= 15 is 0 Å². The smallest absolute Gasteiger partial charge is 0.321 e. The molecular weight excluding hydrogens is 394 g/mol. The van der Waals surface area contributed by atoms with Gasteiger partial charge < -0.3 is 24.4 Å². The molecule has 162 valence electrons. The van der Waals surface area contributed by atoms with Crippen LogP contribution in [0.5, 0.6) is 11.5 Å². The highest BCUT2D eigenvalue weighted by atomic mass is 35.5. The lowest BCUT2D eigenvalue weighted by atomic mass is 9.96. The fourth-order valence-corrected chi connectivity index (χ4v) is 4.50. The molecule has 2 heterocycles. The van der Waals surface area contributed by atoms with Crippen LogP contribution in [0.4, 0.5) is 10.5 Å². The quantitative estimate of drug-likeness (QED) is 0.779. The van der Waals surface area contributed by atoms with Crippen LogP contribution >= 0.6 is 11.6 Å². The maximum Gasteiger partial charge on any atom is 0.321 e. The first-order chi connectivity index (χ1) is 13.9. The largest absolute Gasteiger partial charge is 0.495 e. The lowest BCUT2D eigenvalue weighted by Crippen LogP contribution is -2.49. The van der Waals surface area contributed by atoms with Gasteiger partial charge in [-0.1, -0.05) is 11.6 Å². The van der Waals surface area contributed by atoms with Crippen molar-refractivity contribution in [3.8, 4) is 11.5 Å². The van der Waals surface area contributed by atoms with Gasteiger partial charge in [-0.25, -0.2) is 4.79 Å². The number of amides is 2. The van der Waals surface area contributed by atoms with Crippen molar-refractivity contribution < 1.29 is 19.0 Å². The summed E-state index contributed by atoms with van der Waals surface area (Å²) in [6, 6.07) is 3.21. The van der Waals surface area contributed by atoms with Crippen LogP contribution in [0.3, 0.4) is 0 Å². The summed E-state index contributed by atoms with van der Waals surface area (Å²) in [6.45, 7) is 8.82. The molecule has 8 heteroatoms. The Labute approximate surface area is 178 Å². The van der Waals surface area contributed by atoms with E-state index in [4.69, 9.17) is 25.8 Å². The van der Waals surface area contributed by atoms with Crippen molar-refractivity contribution >= 4 is 23.3 Å². The molecule has 0 bridgehead atoms. The Morgan fingerprint density at radius 3 is 2.34 bits per heavy atom. The zero-order valence-corrected chi connectivity index (χ0v) is 18.5. The van der Waals surface area contributed by atoms with E-state index in [1.54, 1.807) is 26.4 Å². The molecule has 2 fully saturated rings. The molecule has 7 nitrogen and oxygen atoms in total. The number of morpholine rings is 1. The van der Waals surface area contributed by atoms with Gasteiger partial charge in [-0.3, -0.25) is 4.90 Å². The van der Waals surface area contributed by atoms with E-state index in [-0.39, 0.29) is 18.2 Å². The first-order valence-corrected chi connectivity index (χ1v) is 10.6. The lowest BCUT2D eigenvalue weighted by molar-refractivity contribution is -0.0728. The fourth-order valence-electron chi connectivity index (χ4n) is 4.27. The second kappa shape index (κ2) is 9.87. The predicted molar refractivity (Wildman–Crippen MR) is 114 cm³/mol. The number of methoxy groups -OCH3 is 2. The fraction of sp³-hybridized carbons (Fsp3) is 0.667. The molecule has 0 aromatic heterocycles. The second-order valence-electron chi connectivity index (χ2n) is 8.02. The van der Waals surface area contributed by atoms with Gasteiger partial charge in [-0.15, -0.1) is 0 Å². The molecule has 0 aliphatic carbocycles. The summed E-state index contributed by atoms with van der Waals surface area (Å²) in [4.78, 5) is 17.1. The summed E-state index contributed by atoms with van der Waals surface area (Å²) in [5.41, 5.74) is 0.553. The number of piperidine rings is 1. The Balaban J connectivity index is 1.53. The van der Waals surface area contributed by atoms with Crippen molar-refractivity contribution in [1.29, 1.82) is 0 Å². The molecule has 1 aromatic carbocycles. The minimum atomic E-state index is -0.125. The van der Waals surface area contributed by atoms with E-state index in [1.165, 1.54) is 0 Å². The summed E-state index contributed by atoms with van der Waals surface area (Å²) >= 11 is 6.14. The van der Waals surface area contributed by atoms with E-state index in [0.717, 1.165) is 45.6 Å². The Kier molecular flexibility index (Phi) is 7.49. The Hall–Kier alpha value is -1.70. The maximum atomic E-state index is 12.8. The normalized spacial score (nSPS) is 23.7. The third kappa shape index (κ3) is 5.68. The van der Waals surface area contributed by atoms with Crippen molar-refractivity contribution in [3.05, 3.63) is 17.2 Å². The highest BCUT2D eigenvalue weighted by molar-refractivity contribution is 6.32. The topological polar surface area (TPSA) is 63.3 Å². The van der Waals surface area contributed by atoms with Gasteiger partial charge in [-0.05, 0) is 32.6 Å². The summed E-state index contributed by atoms with van der Waals surface area (Å²) < 4.78 is 16.4. The van der Waals surface area contributed by atoms with Crippen molar-refractivity contribution in [2.24, 2.45) is 5.92 Å². The van der Waals surface area contributed by atoms with Gasteiger partial charge in [0.1, 0.15) is 11.5 Å². The SMILES string of the molecule is COc1cc(NC(=O)N2CCC(CN3CC(C)OC(C)C3)CC2)c(OC)cc1Cl. The number of anilines is 1. The number of halogens is 1. The number of hydrogen-bond acceptors (Lipinski definition) is 5. The van der Waals surface area contributed by atoms with Crippen molar-refractivity contribution in [1.82, 2.24) is 9.80 Å². The van der Waals surface area contributed by atoms with Gasteiger partial charge in [0.15, 0.2) is 0 Å². The van der Waals surface area contributed by atoms with Crippen molar-refractivity contribution in [2.45, 2.75) is 38.9 Å². The van der Waals surface area contributed by atoms with Gasteiger partial charge >= 0.3 is 6.03 Å². The average Bonchev–Trinajstić information content (AvgIpc) is 2.68. The summed E-state index contributed by atoms with van der Waals surface area (Å²) in [5, 5.41) is 3.38. The molecule has 0 spiro atoms. The van der Waals surface area contributed by atoms with Gasteiger partial charge in [0.25, 0.3) is 0 Å². The number of nitrogens with one attached hydrogen (secondary N) is 1. The van der Waals surface area contributed by atoms with Crippen LogP contribution in [0.1, 0.15) is 26.7 Å². The van der Waals surface area contributed by atoms with E-state index in [0.29, 0.717) is 28.1 Å². The first kappa shape index (κ1) is 22.0. The highest BCUT2D eigenvalue weighted by Gasteiger charge is 2.28. The standard InChI is InChI=1S/C21H32ClN3O4/c1-14-11-24(12-15(2)29-14)13-16-5-7-25(8-6-16)21(26)23-18-10-19(27-3)17(22)9-20(18)28-4/h9-10,14-16H,5-8,11-13H2,1-4H3,(H,23,26). The lowest BCUT2D eigenvalue weighted by Gasteiger charge is -2.39. The van der Waals surface area contributed by atoms with Crippen LogP contribution in [0.15, 0.2) is 12.1 Å². The zero-order chi connectivity index (χ0) is 21.0. The number of rotatable bonds is 5. The third-order valence-electron chi connectivity index (χ3n) is 5.63. The van der Waals surface area contributed by atoms with Crippen LogP contribution in [-0.2, 0) is 4.74 Å². The van der Waals surface area contributed by atoms with Crippen LogP contribution in [0, 0.1) is 5.92 Å². The summed E-state index contributed by atoms with van der Waals surface area (Å²) in [7, 11) is 3.09. The van der Waals surface area contributed by atoms with E-state index in [1.807, 2.05) is 4.90 Å². The van der Waals surface area contributed by atoms with Crippen molar-refractivity contribution in [3.63, 3.8) is 0 Å².